The highest BCUT2D eigenvalue weighted by atomic mass is 32.1. The third kappa shape index (κ3) is 3.94. The topological polar surface area (TPSA) is 86.2 Å². The lowest BCUT2D eigenvalue weighted by Crippen LogP contribution is -2.14. The zero-order valence-corrected chi connectivity index (χ0v) is 16.7. The first kappa shape index (κ1) is 19.7. The maximum atomic E-state index is 15.0. The number of hydrogen-bond acceptors (Lipinski definition) is 7. The first-order valence-electron chi connectivity index (χ1n) is 8.52. The summed E-state index contributed by atoms with van der Waals surface area (Å²) < 4.78 is 25.5. The van der Waals surface area contributed by atoms with E-state index in [0.717, 1.165) is 11.3 Å². The van der Waals surface area contributed by atoms with Crippen LogP contribution >= 0.6 is 11.3 Å². The number of aryl methyl sites for hydroxylation is 2. The van der Waals surface area contributed by atoms with Gasteiger partial charge in [0.1, 0.15) is 11.6 Å². The second-order valence-electron chi connectivity index (χ2n) is 5.91. The molecule has 0 bridgehead atoms. The molecule has 0 saturated carbocycles. The molecule has 0 aliphatic carbocycles. The number of carbonyl (C=O) groups excluding carboxylic acids is 1. The first-order valence-corrected chi connectivity index (χ1v) is 9.34. The molecule has 0 aliphatic heterocycles. The maximum Gasteiger partial charge on any atom is 0.295 e. The van der Waals surface area contributed by atoms with Gasteiger partial charge < -0.3 is 9.47 Å². The summed E-state index contributed by atoms with van der Waals surface area (Å²) in [7, 11) is 1.46. The number of pyridine rings is 1. The van der Waals surface area contributed by atoms with Crippen LogP contribution in [0.4, 0.5) is 9.52 Å². The molecule has 2 heterocycles. The summed E-state index contributed by atoms with van der Waals surface area (Å²) in [6.45, 7) is 5.70. The summed E-state index contributed by atoms with van der Waals surface area (Å²) in [6.07, 6.45) is 1.41. The molecule has 0 spiro atoms. The van der Waals surface area contributed by atoms with Crippen LogP contribution in [-0.4, -0.2) is 34.8 Å². The minimum atomic E-state index is -0.482. The largest absolute Gasteiger partial charge is 0.496 e. The molecule has 1 amide bonds. The van der Waals surface area contributed by atoms with E-state index >= 15 is 0 Å². The third-order valence-electron chi connectivity index (χ3n) is 3.97. The Bertz CT molecular complexity index is 1020. The van der Waals surface area contributed by atoms with Gasteiger partial charge in [-0.05, 0) is 49.8 Å². The van der Waals surface area contributed by atoms with Gasteiger partial charge in [0.2, 0.25) is 5.13 Å². The Labute approximate surface area is 165 Å². The fourth-order valence-electron chi connectivity index (χ4n) is 2.64. The zero-order chi connectivity index (χ0) is 20.3. The van der Waals surface area contributed by atoms with Crippen molar-refractivity contribution >= 4 is 22.4 Å². The number of benzene rings is 1. The van der Waals surface area contributed by atoms with Gasteiger partial charge in [-0.3, -0.25) is 15.1 Å². The molecule has 28 heavy (non-hydrogen) atoms. The highest BCUT2D eigenvalue weighted by Gasteiger charge is 2.22. The molecule has 0 radical (unpaired) electrons. The SMILES string of the molecule is CCOc1nnc(NC(=O)c2cnc(C)cc2-c2c(OC)ccc(C)c2F)s1. The summed E-state index contributed by atoms with van der Waals surface area (Å²) in [4.78, 5) is 17.1. The molecule has 7 nitrogen and oxygen atoms in total. The van der Waals surface area contributed by atoms with E-state index in [1.165, 1.54) is 13.3 Å². The predicted molar refractivity (Wildman–Crippen MR) is 105 cm³/mol. The van der Waals surface area contributed by atoms with Crippen molar-refractivity contribution < 1.29 is 18.7 Å². The first-order chi connectivity index (χ1) is 13.4. The van der Waals surface area contributed by atoms with E-state index in [9.17, 15) is 9.18 Å². The van der Waals surface area contributed by atoms with Gasteiger partial charge in [-0.25, -0.2) is 4.39 Å². The molecule has 0 unspecified atom stereocenters. The molecule has 0 aliphatic rings. The second kappa shape index (κ2) is 8.30. The van der Waals surface area contributed by atoms with Crippen LogP contribution in [0.5, 0.6) is 10.9 Å². The number of hydrogen-bond donors (Lipinski definition) is 1. The molecule has 1 N–H and O–H groups in total. The van der Waals surface area contributed by atoms with Crippen molar-refractivity contribution in [3.8, 4) is 22.1 Å². The van der Waals surface area contributed by atoms with Crippen LogP contribution in [0.15, 0.2) is 24.4 Å². The van der Waals surface area contributed by atoms with Crippen LogP contribution in [-0.2, 0) is 0 Å². The lowest BCUT2D eigenvalue weighted by Gasteiger charge is -2.15. The smallest absolute Gasteiger partial charge is 0.295 e. The molecule has 0 fully saturated rings. The van der Waals surface area contributed by atoms with Gasteiger partial charge in [0.25, 0.3) is 11.1 Å². The molecule has 3 aromatic rings. The standard InChI is InChI=1S/C19H19FN4O3S/c1-5-27-19-24-23-18(28-19)22-17(25)13-9-21-11(3)8-12(13)15-14(26-4)7-6-10(2)16(15)20/h6-9H,5H2,1-4H3,(H,22,23,25). The Kier molecular flexibility index (Phi) is 5.84. The number of nitrogens with one attached hydrogen (secondary N) is 1. The summed E-state index contributed by atoms with van der Waals surface area (Å²) in [5.74, 6) is -0.601. The molecule has 146 valence electrons. The normalized spacial score (nSPS) is 10.6. The third-order valence-corrected chi connectivity index (χ3v) is 4.72. The highest BCUT2D eigenvalue weighted by molar-refractivity contribution is 7.17. The van der Waals surface area contributed by atoms with Crippen LogP contribution in [0.3, 0.4) is 0 Å². The van der Waals surface area contributed by atoms with Crippen LogP contribution in [0, 0.1) is 19.7 Å². The lowest BCUT2D eigenvalue weighted by atomic mass is 9.97. The van der Waals surface area contributed by atoms with Gasteiger partial charge in [0.15, 0.2) is 0 Å². The van der Waals surface area contributed by atoms with Crippen molar-refractivity contribution in [1.82, 2.24) is 15.2 Å². The monoisotopic (exact) mass is 402 g/mol. The van der Waals surface area contributed by atoms with Gasteiger partial charge >= 0.3 is 0 Å². The fraction of sp³-hybridized carbons (Fsp3) is 0.263. The fourth-order valence-corrected chi connectivity index (χ4v) is 3.29. The Morgan fingerprint density at radius 3 is 2.79 bits per heavy atom. The van der Waals surface area contributed by atoms with Crippen LogP contribution < -0.4 is 14.8 Å². The van der Waals surface area contributed by atoms with Gasteiger partial charge in [-0.2, -0.15) is 0 Å². The molecular formula is C19H19FN4O3S. The number of methoxy groups -OCH3 is 1. The number of halogens is 1. The Morgan fingerprint density at radius 2 is 2.07 bits per heavy atom. The minimum Gasteiger partial charge on any atom is -0.496 e. The Hall–Kier alpha value is -3.07. The molecule has 2 aromatic heterocycles. The van der Waals surface area contributed by atoms with E-state index in [1.807, 2.05) is 6.92 Å². The zero-order valence-electron chi connectivity index (χ0n) is 15.9. The van der Waals surface area contributed by atoms with Crippen molar-refractivity contribution in [3.63, 3.8) is 0 Å². The van der Waals surface area contributed by atoms with E-state index in [4.69, 9.17) is 9.47 Å². The summed E-state index contributed by atoms with van der Waals surface area (Å²) in [6, 6.07) is 4.95. The Morgan fingerprint density at radius 1 is 1.29 bits per heavy atom. The van der Waals surface area contributed by atoms with Crippen LogP contribution in [0.2, 0.25) is 0 Å². The van der Waals surface area contributed by atoms with E-state index in [-0.39, 0.29) is 16.3 Å². The predicted octanol–water partition coefficient (Wildman–Crippen LogP) is 4.02. The number of amides is 1. The molecule has 1 aromatic carbocycles. The number of rotatable bonds is 6. The average molecular weight is 402 g/mol. The van der Waals surface area contributed by atoms with E-state index in [0.29, 0.717) is 34.4 Å². The van der Waals surface area contributed by atoms with Crippen molar-refractivity contribution in [2.75, 3.05) is 19.0 Å². The maximum absolute atomic E-state index is 15.0. The second-order valence-corrected chi connectivity index (χ2v) is 6.85. The number of carbonyl (C=O) groups is 1. The van der Waals surface area contributed by atoms with E-state index < -0.39 is 11.7 Å². The van der Waals surface area contributed by atoms with Gasteiger partial charge in [0.05, 0.1) is 24.8 Å². The van der Waals surface area contributed by atoms with Crippen molar-refractivity contribution in [3.05, 3.63) is 47.0 Å². The minimum absolute atomic E-state index is 0.196. The van der Waals surface area contributed by atoms with E-state index in [2.05, 4.69) is 20.5 Å². The molecule has 9 heteroatoms. The highest BCUT2D eigenvalue weighted by Crippen LogP contribution is 2.36. The summed E-state index contributed by atoms with van der Waals surface area (Å²) in [5.41, 5.74) is 1.88. The summed E-state index contributed by atoms with van der Waals surface area (Å²) in [5, 5.41) is 11.0. The summed E-state index contributed by atoms with van der Waals surface area (Å²) >= 11 is 1.10. The van der Waals surface area contributed by atoms with Gasteiger partial charge in [-0.1, -0.05) is 11.2 Å². The number of aromatic nitrogens is 3. The van der Waals surface area contributed by atoms with Crippen molar-refractivity contribution in [2.45, 2.75) is 20.8 Å². The van der Waals surface area contributed by atoms with Crippen molar-refractivity contribution in [1.29, 1.82) is 0 Å². The van der Waals surface area contributed by atoms with Crippen LogP contribution in [0.1, 0.15) is 28.5 Å². The molecular weight excluding hydrogens is 383 g/mol. The average Bonchev–Trinajstić information content (AvgIpc) is 3.10. The number of anilines is 1. The Balaban J connectivity index is 2.04. The quantitative estimate of drug-likeness (QED) is 0.670. The number of ether oxygens (including phenoxy) is 2. The van der Waals surface area contributed by atoms with Gasteiger partial charge in [0, 0.05) is 17.5 Å². The lowest BCUT2D eigenvalue weighted by molar-refractivity contribution is 0.102. The van der Waals surface area contributed by atoms with Gasteiger partial charge in [-0.15, -0.1) is 5.10 Å². The van der Waals surface area contributed by atoms with E-state index in [1.54, 1.807) is 32.0 Å². The van der Waals surface area contributed by atoms with Crippen molar-refractivity contribution in [2.24, 2.45) is 0 Å². The molecule has 0 atom stereocenters. The molecule has 3 rings (SSSR count). The van der Waals surface area contributed by atoms with Crippen LogP contribution in [0.25, 0.3) is 11.1 Å². The number of nitrogens with zero attached hydrogens (tertiary/aromatic N) is 3. The molecule has 0 saturated heterocycles.